The molecule has 1 aromatic carbocycles. The number of rotatable bonds is 10. The van der Waals surface area contributed by atoms with Crippen molar-refractivity contribution in [2.45, 2.75) is 86.0 Å². The molecule has 1 unspecified atom stereocenters. The summed E-state index contributed by atoms with van der Waals surface area (Å²) >= 11 is 0. The molecule has 1 atom stereocenters. The molecule has 0 aliphatic heterocycles. The Balaban J connectivity index is 0.000000520. The van der Waals surface area contributed by atoms with Crippen LogP contribution in [0.2, 0.25) is 0 Å². The Hall–Kier alpha value is -2.66. The molecule has 1 saturated carbocycles. The Bertz CT molecular complexity index is 763. The van der Waals surface area contributed by atoms with Crippen molar-refractivity contribution in [2.75, 3.05) is 0 Å². The van der Waals surface area contributed by atoms with Gasteiger partial charge in [-0.3, -0.25) is 15.5 Å². The minimum absolute atomic E-state index is 0.00657. The molecule has 0 saturated heterocycles. The van der Waals surface area contributed by atoms with Gasteiger partial charge in [0.05, 0.1) is 0 Å². The van der Waals surface area contributed by atoms with Gasteiger partial charge in [0.15, 0.2) is 0 Å². The van der Waals surface area contributed by atoms with Crippen LogP contribution in [0.5, 0.6) is 0 Å². The fourth-order valence-corrected chi connectivity index (χ4v) is 3.67. The normalized spacial score (nSPS) is 14.6. The molecule has 1 fully saturated rings. The van der Waals surface area contributed by atoms with E-state index in [1.807, 2.05) is 43.6 Å². The van der Waals surface area contributed by atoms with Crippen LogP contribution in [0.25, 0.3) is 5.70 Å². The Kier molecular flexibility index (Phi) is 18.2. The number of nitrogens with zero attached hydrogens (tertiary/aromatic N) is 1. The minimum Gasteiger partial charge on any atom is -0.344 e. The number of benzene rings is 1. The summed E-state index contributed by atoms with van der Waals surface area (Å²) in [7, 11) is 0. The number of ketones is 1. The maximum atomic E-state index is 11.2. The number of Topliss-reactive ketones (excluding diaryl/α,β-unsaturated/α-hetero) is 1. The molecule has 0 radical (unpaired) electrons. The van der Waals surface area contributed by atoms with E-state index in [0.717, 1.165) is 42.3 Å². The second-order valence-corrected chi connectivity index (χ2v) is 8.85. The maximum absolute atomic E-state index is 11.2. The maximum Gasteiger partial charge on any atom is 0.133 e. The summed E-state index contributed by atoms with van der Waals surface area (Å²) in [5.74, 6) is 2.06. The number of aliphatic imine (C=N–C) groups is 1. The van der Waals surface area contributed by atoms with Gasteiger partial charge in [0.2, 0.25) is 0 Å². The van der Waals surface area contributed by atoms with E-state index in [1.54, 1.807) is 6.92 Å². The van der Waals surface area contributed by atoms with Crippen LogP contribution in [0, 0.1) is 11.8 Å². The molecule has 5 heteroatoms. The van der Waals surface area contributed by atoms with Gasteiger partial charge in [0.1, 0.15) is 11.6 Å². The van der Waals surface area contributed by atoms with Gasteiger partial charge in [-0.25, -0.2) is 4.99 Å². The SMILES string of the molecule is C=C(CC(CCCC)C(C)=O)NO.C=CN=C(C)N/C(=C\C)c1ccccc1.CC1CCCC1. The van der Waals surface area contributed by atoms with Crippen molar-refractivity contribution in [1.29, 1.82) is 0 Å². The number of amidine groups is 1. The van der Waals surface area contributed by atoms with Crippen molar-refractivity contribution in [2.24, 2.45) is 16.8 Å². The van der Waals surface area contributed by atoms with Gasteiger partial charge in [-0.1, -0.05) is 102 Å². The number of hydrogen-bond acceptors (Lipinski definition) is 4. The van der Waals surface area contributed by atoms with E-state index in [0.29, 0.717) is 12.1 Å². The smallest absolute Gasteiger partial charge is 0.133 e. The summed E-state index contributed by atoms with van der Waals surface area (Å²) in [4.78, 5) is 15.2. The monoisotopic (exact) mass is 469 g/mol. The van der Waals surface area contributed by atoms with E-state index in [1.165, 1.54) is 31.9 Å². The van der Waals surface area contributed by atoms with Gasteiger partial charge in [-0.05, 0) is 45.1 Å². The van der Waals surface area contributed by atoms with Crippen LogP contribution in [-0.4, -0.2) is 16.8 Å². The molecule has 5 nitrogen and oxygen atoms in total. The predicted molar refractivity (Wildman–Crippen MR) is 147 cm³/mol. The Morgan fingerprint density at radius 3 is 2.26 bits per heavy atom. The molecular formula is C29H47N3O2. The zero-order chi connectivity index (χ0) is 25.8. The zero-order valence-electron chi connectivity index (χ0n) is 22.1. The van der Waals surface area contributed by atoms with Crippen molar-refractivity contribution in [3.63, 3.8) is 0 Å². The lowest BCUT2D eigenvalue weighted by molar-refractivity contribution is -0.121. The standard InChI is InChI=1S/C13H16N2.C10H19NO2.C6H12/c1-4-13(15-11(3)14-5-2)12-9-7-6-8-10-12;1-4-5-6-10(9(3)12)7-8(2)11-13;1-6-4-2-3-5-6/h4-10H,2H2,1,3H3,(H,14,15);10-11,13H,2,4-7H2,1,3H3;6H,2-5H2,1H3/b13-4-;;. The topological polar surface area (TPSA) is 73.7 Å². The first kappa shape index (κ1) is 31.3. The second-order valence-electron chi connectivity index (χ2n) is 8.85. The molecule has 0 aromatic heterocycles. The molecule has 190 valence electrons. The van der Waals surface area contributed by atoms with Gasteiger partial charge in [0, 0.05) is 23.5 Å². The van der Waals surface area contributed by atoms with E-state index in [-0.39, 0.29) is 11.7 Å². The highest BCUT2D eigenvalue weighted by molar-refractivity contribution is 5.89. The molecular weight excluding hydrogens is 422 g/mol. The second kappa shape index (κ2) is 19.8. The summed E-state index contributed by atoms with van der Waals surface area (Å²) in [6.45, 7) is 17.1. The third kappa shape index (κ3) is 15.2. The van der Waals surface area contributed by atoms with Crippen LogP contribution < -0.4 is 10.8 Å². The van der Waals surface area contributed by atoms with Crippen molar-refractivity contribution in [3.8, 4) is 0 Å². The largest absolute Gasteiger partial charge is 0.344 e. The summed E-state index contributed by atoms with van der Waals surface area (Å²) in [6, 6.07) is 10.1. The van der Waals surface area contributed by atoms with E-state index in [4.69, 9.17) is 5.21 Å². The summed E-state index contributed by atoms with van der Waals surface area (Å²) in [6.07, 6.45) is 13.0. The van der Waals surface area contributed by atoms with E-state index >= 15 is 0 Å². The van der Waals surface area contributed by atoms with E-state index in [9.17, 15) is 4.79 Å². The Morgan fingerprint density at radius 1 is 1.24 bits per heavy atom. The van der Waals surface area contributed by atoms with Crippen molar-refractivity contribution >= 4 is 17.3 Å². The fraction of sp³-hybridized carbons (Fsp3) is 0.517. The number of carbonyl (C=O) groups is 1. The third-order valence-corrected chi connectivity index (χ3v) is 5.75. The van der Waals surface area contributed by atoms with Gasteiger partial charge in [-0.2, -0.15) is 0 Å². The first-order valence-electron chi connectivity index (χ1n) is 12.5. The lowest BCUT2D eigenvalue weighted by Gasteiger charge is -2.13. The summed E-state index contributed by atoms with van der Waals surface area (Å²) in [5, 5.41) is 11.8. The Labute approximate surface area is 208 Å². The first-order valence-corrected chi connectivity index (χ1v) is 12.5. The van der Waals surface area contributed by atoms with E-state index in [2.05, 4.69) is 49.4 Å². The Morgan fingerprint density at radius 2 is 1.85 bits per heavy atom. The fourth-order valence-electron chi connectivity index (χ4n) is 3.67. The minimum atomic E-state index is 0.00657. The van der Waals surface area contributed by atoms with Gasteiger partial charge >= 0.3 is 0 Å². The van der Waals surface area contributed by atoms with Gasteiger partial charge in [-0.15, -0.1) is 0 Å². The molecule has 3 N–H and O–H groups in total. The number of hydrogen-bond donors (Lipinski definition) is 3. The number of unbranched alkanes of at least 4 members (excludes halogenated alkanes) is 1. The number of allylic oxidation sites excluding steroid dienone is 2. The summed E-state index contributed by atoms with van der Waals surface area (Å²) in [5.41, 5.74) is 4.70. The predicted octanol–water partition coefficient (Wildman–Crippen LogP) is 7.66. The molecule has 0 amide bonds. The lowest BCUT2D eigenvalue weighted by Crippen LogP contribution is -2.18. The molecule has 34 heavy (non-hydrogen) atoms. The van der Waals surface area contributed by atoms with E-state index < -0.39 is 0 Å². The molecule has 0 spiro atoms. The van der Waals surface area contributed by atoms with Crippen molar-refractivity contribution in [1.82, 2.24) is 10.8 Å². The van der Waals surface area contributed by atoms with Crippen molar-refractivity contribution in [3.05, 3.63) is 67.0 Å². The highest BCUT2D eigenvalue weighted by Crippen LogP contribution is 2.23. The molecule has 1 aliphatic rings. The van der Waals surface area contributed by atoms with Crippen LogP contribution in [0.4, 0.5) is 0 Å². The quantitative estimate of drug-likeness (QED) is 0.187. The molecule has 2 rings (SSSR count). The van der Waals surface area contributed by atoms with Gasteiger partial charge < -0.3 is 5.32 Å². The highest BCUT2D eigenvalue weighted by atomic mass is 16.5. The third-order valence-electron chi connectivity index (χ3n) is 5.75. The molecule has 0 heterocycles. The zero-order valence-corrected chi connectivity index (χ0v) is 22.1. The highest BCUT2D eigenvalue weighted by Gasteiger charge is 2.14. The number of hydroxylamine groups is 1. The molecule has 1 aliphatic carbocycles. The number of nitrogens with one attached hydrogen (secondary N) is 2. The average Bonchev–Trinajstić information content (AvgIpc) is 3.32. The first-order chi connectivity index (χ1) is 16.3. The van der Waals surface area contributed by atoms with Crippen LogP contribution in [-0.2, 0) is 4.79 Å². The van der Waals surface area contributed by atoms with Crippen LogP contribution in [0.3, 0.4) is 0 Å². The summed E-state index contributed by atoms with van der Waals surface area (Å²) < 4.78 is 0. The number of carbonyl (C=O) groups excluding carboxylic acids is 1. The van der Waals surface area contributed by atoms with Crippen LogP contribution in [0.15, 0.2) is 66.5 Å². The van der Waals surface area contributed by atoms with Crippen molar-refractivity contribution < 1.29 is 10.0 Å². The average molecular weight is 470 g/mol. The van der Waals surface area contributed by atoms with Gasteiger partial charge in [0.25, 0.3) is 0 Å². The van der Waals surface area contributed by atoms with Crippen LogP contribution >= 0.6 is 0 Å². The molecule has 0 bridgehead atoms. The lowest BCUT2D eigenvalue weighted by atomic mass is 9.94. The molecule has 1 aromatic rings. The van der Waals surface area contributed by atoms with Crippen LogP contribution in [0.1, 0.15) is 91.5 Å².